The van der Waals surface area contributed by atoms with Crippen LogP contribution in [0, 0.1) is 6.92 Å². The van der Waals surface area contributed by atoms with Crippen molar-refractivity contribution in [2.45, 2.75) is 13.3 Å². The zero-order valence-corrected chi connectivity index (χ0v) is 9.62. The monoisotopic (exact) mass is 216 g/mol. The van der Waals surface area contributed by atoms with Gasteiger partial charge in [-0.2, -0.15) is 0 Å². The van der Waals surface area contributed by atoms with Crippen LogP contribution in [0.15, 0.2) is 24.5 Å². The van der Waals surface area contributed by atoms with Gasteiger partial charge in [0.05, 0.1) is 5.69 Å². The second-order valence-corrected chi connectivity index (χ2v) is 3.76. The molecule has 0 spiro atoms. The normalized spacial score (nSPS) is 10.6. The summed E-state index contributed by atoms with van der Waals surface area (Å²) in [5.41, 5.74) is 3.10. The molecule has 2 aromatic rings. The van der Waals surface area contributed by atoms with E-state index in [1.54, 1.807) is 0 Å². The van der Waals surface area contributed by atoms with E-state index in [1.807, 2.05) is 38.5 Å². The molecule has 16 heavy (non-hydrogen) atoms. The molecule has 0 radical (unpaired) electrons. The predicted molar refractivity (Wildman–Crippen MR) is 64.2 cm³/mol. The van der Waals surface area contributed by atoms with Crippen molar-refractivity contribution in [3.05, 3.63) is 36.0 Å². The minimum atomic E-state index is 0.857. The largest absolute Gasteiger partial charge is 0.367 e. The number of H-pyrrole nitrogens is 1. The fourth-order valence-corrected chi connectivity index (χ4v) is 1.61. The number of hydrogen-bond donors (Lipinski definition) is 2. The molecule has 0 saturated carbocycles. The van der Waals surface area contributed by atoms with Gasteiger partial charge in [0.2, 0.25) is 0 Å². The Balaban J connectivity index is 2.29. The molecule has 0 atom stereocenters. The molecule has 4 nitrogen and oxygen atoms in total. The van der Waals surface area contributed by atoms with Gasteiger partial charge >= 0.3 is 0 Å². The van der Waals surface area contributed by atoms with Crippen LogP contribution < -0.4 is 5.32 Å². The number of hydrogen-bond acceptors (Lipinski definition) is 3. The minimum absolute atomic E-state index is 0.857. The Hall–Kier alpha value is -1.68. The number of nitrogens with zero attached hydrogens (tertiary/aromatic N) is 2. The molecule has 2 N–H and O–H groups in total. The van der Waals surface area contributed by atoms with Crippen LogP contribution in [0.4, 0.5) is 0 Å². The van der Waals surface area contributed by atoms with Crippen molar-refractivity contribution in [3.63, 3.8) is 0 Å². The van der Waals surface area contributed by atoms with Crippen LogP contribution in [0.25, 0.3) is 11.3 Å². The first-order chi connectivity index (χ1) is 7.79. The second-order valence-electron chi connectivity index (χ2n) is 3.76. The van der Waals surface area contributed by atoms with Crippen molar-refractivity contribution in [2.24, 2.45) is 0 Å². The lowest BCUT2D eigenvalue weighted by Gasteiger charge is -2.04. The zero-order valence-electron chi connectivity index (χ0n) is 9.62. The number of aromatic nitrogens is 3. The number of rotatable bonds is 4. The summed E-state index contributed by atoms with van der Waals surface area (Å²) in [6, 6.07) is 4.02. The van der Waals surface area contributed by atoms with Gasteiger partial charge in [0.15, 0.2) is 0 Å². The molecule has 84 valence electrons. The van der Waals surface area contributed by atoms with Crippen molar-refractivity contribution in [1.29, 1.82) is 0 Å². The lowest BCUT2D eigenvalue weighted by molar-refractivity contribution is 0.752. The van der Waals surface area contributed by atoms with Gasteiger partial charge in [-0.15, -0.1) is 0 Å². The average molecular weight is 216 g/mol. The molecule has 0 amide bonds. The molecule has 2 aromatic heterocycles. The van der Waals surface area contributed by atoms with E-state index in [1.165, 1.54) is 0 Å². The van der Waals surface area contributed by atoms with Gasteiger partial charge in [-0.1, -0.05) is 0 Å². The van der Waals surface area contributed by atoms with Crippen LogP contribution in [0.5, 0.6) is 0 Å². The summed E-state index contributed by atoms with van der Waals surface area (Å²) in [6.45, 7) is 2.90. The minimum Gasteiger partial charge on any atom is -0.367 e. The third-order valence-electron chi connectivity index (χ3n) is 2.39. The fraction of sp³-hybridized carbons (Fsp3) is 0.333. The molecule has 0 aliphatic rings. The first kappa shape index (κ1) is 10.8. The van der Waals surface area contributed by atoms with E-state index in [2.05, 4.69) is 20.3 Å². The summed E-state index contributed by atoms with van der Waals surface area (Å²) in [4.78, 5) is 12.0. The zero-order chi connectivity index (χ0) is 11.4. The van der Waals surface area contributed by atoms with E-state index >= 15 is 0 Å². The summed E-state index contributed by atoms with van der Waals surface area (Å²) < 4.78 is 0. The summed E-state index contributed by atoms with van der Waals surface area (Å²) in [5.74, 6) is 0.894. The number of nitrogens with one attached hydrogen (secondary N) is 2. The first-order valence-electron chi connectivity index (χ1n) is 5.42. The standard InChI is InChI=1S/C12H16N4/c1-9-7-11(10-3-6-14-8-10)16-12(15-9)4-5-13-2/h3,6-8,13-14H,4-5H2,1-2H3. The summed E-state index contributed by atoms with van der Waals surface area (Å²) >= 11 is 0. The Morgan fingerprint density at radius 2 is 2.25 bits per heavy atom. The van der Waals surface area contributed by atoms with E-state index in [0.717, 1.165) is 35.7 Å². The van der Waals surface area contributed by atoms with E-state index in [-0.39, 0.29) is 0 Å². The van der Waals surface area contributed by atoms with Crippen LogP contribution in [-0.2, 0) is 6.42 Å². The van der Waals surface area contributed by atoms with Gasteiger partial charge in [-0.3, -0.25) is 0 Å². The Morgan fingerprint density at radius 1 is 1.38 bits per heavy atom. The third-order valence-corrected chi connectivity index (χ3v) is 2.39. The molecular weight excluding hydrogens is 200 g/mol. The smallest absolute Gasteiger partial charge is 0.130 e. The van der Waals surface area contributed by atoms with E-state index < -0.39 is 0 Å². The molecule has 0 unspecified atom stereocenters. The van der Waals surface area contributed by atoms with Crippen LogP contribution >= 0.6 is 0 Å². The predicted octanol–water partition coefficient (Wildman–Crippen LogP) is 1.54. The fourth-order valence-electron chi connectivity index (χ4n) is 1.61. The SMILES string of the molecule is CNCCc1nc(C)cc(-c2cc[nH]c2)n1. The molecule has 2 rings (SSSR count). The molecule has 0 fully saturated rings. The lowest BCUT2D eigenvalue weighted by atomic mass is 10.2. The highest BCUT2D eigenvalue weighted by Gasteiger charge is 2.04. The molecule has 0 aliphatic carbocycles. The Morgan fingerprint density at radius 3 is 2.94 bits per heavy atom. The van der Waals surface area contributed by atoms with Gasteiger partial charge in [-0.25, -0.2) is 9.97 Å². The van der Waals surface area contributed by atoms with Crippen LogP contribution in [0.1, 0.15) is 11.5 Å². The van der Waals surface area contributed by atoms with Gasteiger partial charge in [-0.05, 0) is 26.1 Å². The van der Waals surface area contributed by atoms with Crippen molar-refractivity contribution in [2.75, 3.05) is 13.6 Å². The van der Waals surface area contributed by atoms with E-state index in [4.69, 9.17) is 0 Å². The van der Waals surface area contributed by atoms with Crippen LogP contribution in [-0.4, -0.2) is 28.5 Å². The summed E-state index contributed by atoms with van der Waals surface area (Å²) in [7, 11) is 1.93. The van der Waals surface area contributed by atoms with Crippen LogP contribution in [0.3, 0.4) is 0 Å². The molecule has 0 saturated heterocycles. The number of aryl methyl sites for hydroxylation is 1. The topological polar surface area (TPSA) is 53.6 Å². The maximum atomic E-state index is 4.54. The first-order valence-corrected chi connectivity index (χ1v) is 5.42. The highest BCUT2D eigenvalue weighted by molar-refractivity contribution is 5.58. The number of aromatic amines is 1. The average Bonchev–Trinajstić information content (AvgIpc) is 2.79. The molecule has 4 heteroatoms. The van der Waals surface area contributed by atoms with Gasteiger partial charge in [0, 0.05) is 36.6 Å². The molecule has 0 aliphatic heterocycles. The van der Waals surface area contributed by atoms with E-state index in [0.29, 0.717) is 0 Å². The van der Waals surface area contributed by atoms with Crippen molar-refractivity contribution in [1.82, 2.24) is 20.3 Å². The van der Waals surface area contributed by atoms with E-state index in [9.17, 15) is 0 Å². The van der Waals surface area contributed by atoms with Gasteiger partial charge < -0.3 is 10.3 Å². The third kappa shape index (κ3) is 2.46. The second kappa shape index (κ2) is 4.90. The van der Waals surface area contributed by atoms with Crippen LogP contribution in [0.2, 0.25) is 0 Å². The van der Waals surface area contributed by atoms with Gasteiger partial charge in [0.25, 0.3) is 0 Å². The quantitative estimate of drug-likeness (QED) is 0.815. The molecule has 0 bridgehead atoms. The highest BCUT2D eigenvalue weighted by Crippen LogP contribution is 2.16. The Labute approximate surface area is 95.1 Å². The lowest BCUT2D eigenvalue weighted by Crippen LogP contribution is -2.12. The van der Waals surface area contributed by atoms with Gasteiger partial charge in [0.1, 0.15) is 5.82 Å². The summed E-state index contributed by atoms with van der Waals surface area (Å²) in [5, 5.41) is 3.10. The Bertz CT molecular complexity index is 448. The van der Waals surface area contributed by atoms with Crippen molar-refractivity contribution < 1.29 is 0 Å². The molecule has 2 heterocycles. The number of likely N-dealkylation sites (N-methyl/N-ethyl adjacent to an activating group) is 1. The van der Waals surface area contributed by atoms with Crippen molar-refractivity contribution in [3.8, 4) is 11.3 Å². The maximum Gasteiger partial charge on any atom is 0.130 e. The molecular formula is C12H16N4. The highest BCUT2D eigenvalue weighted by atomic mass is 14.9. The molecule has 0 aromatic carbocycles. The summed E-state index contributed by atoms with van der Waals surface area (Å²) in [6.07, 6.45) is 4.71. The van der Waals surface area contributed by atoms with Crippen molar-refractivity contribution >= 4 is 0 Å². The maximum absolute atomic E-state index is 4.54. The Kier molecular flexibility index (Phi) is 3.31.